The first-order valence-corrected chi connectivity index (χ1v) is 6.47. The molecule has 0 radical (unpaired) electrons. The molecule has 2 aromatic rings. The molecule has 100 valence electrons. The number of nitrogens with one attached hydrogen (secondary N) is 1. The van der Waals surface area contributed by atoms with Crippen molar-refractivity contribution in [3.8, 4) is 0 Å². The van der Waals surface area contributed by atoms with Crippen molar-refractivity contribution in [3.05, 3.63) is 40.5 Å². The predicted octanol–water partition coefficient (Wildman–Crippen LogP) is 2.32. The van der Waals surface area contributed by atoms with Crippen molar-refractivity contribution in [1.82, 2.24) is 10.1 Å². The summed E-state index contributed by atoms with van der Waals surface area (Å²) in [5.41, 5.74) is 7.11. The maximum atomic E-state index is 6.08. The van der Waals surface area contributed by atoms with E-state index in [1.165, 1.54) is 0 Å². The predicted molar refractivity (Wildman–Crippen MR) is 78.6 cm³/mol. The lowest BCUT2D eigenvalue weighted by atomic mass is 10.2. The van der Waals surface area contributed by atoms with E-state index < -0.39 is 0 Å². The maximum Gasteiger partial charge on any atom is 0.228 e. The molecule has 1 heterocycles. The molecule has 0 amide bonds. The second-order valence-corrected chi connectivity index (χ2v) is 4.82. The number of thiocarbonyl (C=S) groups is 1. The molecule has 0 fully saturated rings. The fourth-order valence-electron chi connectivity index (χ4n) is 1.58. The van der Waals surface area contributed by atoms with Crippen molar-refractivity contribution in [2.24, 2.45) is 5.73 Å². The Morgan fingerprint density at radius 2 is 2.32 bits per heavy atom. The minimum Gasteiger partial charge on any atom is -0.389 e. The van der Waals surface area contributed by atoms with E-state index in [2.05, 4.69) is 15.5 Å². The lowest BCUT2D eigenvalue weighted by Crippen LogP contribution is -2.10. The zero-order valence-electron chi connectivity index (χ0n) is 10.3. The van der Waals surface area contributed by atoms with Crippen molar-refractivity contribution < 1.29 is 4.52 Å². The first-order chi connectivity index (χ1) is 9.06. The van der Waals surface area contributed by atoms with Gasteiger partial charge in [-0.25, -0.2) is 0 Å². The van der Waals surface area contributed by atoms with Crippen LogP contribution in [-0.4, -0.2) is 21.7 Å². The number of rotatable bonds is 5. The van der Waals surface area contributed by atoms with Gasteiger partial charge in [-0.05, 0) is 25.1 Å². The second kappa shape index (κ2) is 5.99. The summed E-state index contributed by atoms with van der Waals surface area (Å²) in [5, 5.41) is 7.47. The van der Waals surface area contributed by atoms with Crippen LogP contribution < -0.4 is 11.1 Å². The molecule has 3 N–H and O–H groups in total. The van der Waals surface area contributed by atoms with E-state index in [0.29, 0.717) is 35.3 Å². The van der Waals surface area contributed by atoms with Gasteiger partial charge in [-0.1, -0.05) is 29.0 Å². The number of hydrogen-bond acceptors (Lipinski definition) is 5. The van der Waals surface area contributed by atoms with E-state index in [9.17, 15) is 0 Å². The standard InChI is InChI=1S/C12H13ClN4OS/c1-7-16-11(18-17-7)4-5-15-8-2-3-9(12(14)19)10(13)6-8/h2-3,6,15H,4-5H2,1H3,(H2,14,19). The van der Waals surface area contributed by atoms with Gasteiger partial charge in [0.25, 0.3) is 0 Å². The van der Waals surface area contributed by atoms with Gasteiger partial charge in [0.1, 0.15) is 4.99 Å². The average molecular weight is 297 g/mol. The zero-order valence-corrected chi connectivity index (χ0v) is 11.9. The highest BCUT2D eigenvalue weighted by molar-refractivity contribution is 7.80. The van der Waals surface area contributed by atoms with Crippen LogP contribution in [0.1, 0.15) is 17.3 Å². The third-order valence-corrected chi connectivity index (χ3v) is 3.00. The van der Waals surface area contributed by atoms with Gasteiger partial charge in [-0.3, -0.25) is 0 Å². The third-order valence-electron chi connectivity index (χ3n) is 2.47. The molecule has 0 atom stereocenters. The lowest BCUT2D eigenvalue weighted by Gasteiger charge is -2.07. The van der Waals surface area contributed by atoms with Crippen molar-refractivity contribution in [2.45, 2.75) is 13.3 Å². The van der Waals surface area contributed by atoms with E-state index in [1.54, 1.807) is 19.1 Å². The van der Waals surface area contributed by atoms with Crippen LogP contribution in [0.4, 0.5) is 5.69 Å². The third kappa shape index (κ3) is 3.65. The van der Waals surface area contributed by atoms with Crippen LogP contribution in [-0.2, 0) is 6.42 Å². The SMILES string of the molecule is Cc1noc(CCNc2ccc(C(N)=S)c(Cl)c2)n1. The Balaban J connectivity index is 1.93. The first kappa shape index (κ1) is 13.8. The average Bonchev–Trinajstić information content (AvgIpc) is 2.75. The minimum absolute atomic E-state index is 0.290. The molecule has 0 spiro atoms. The maximum absolute atomic E-state index is 6.08. The Bertz CT molecular complexity index is 599. The number of halogens is 1. The summed E-state index contributed by atoms with van der Waals surface area (Å²) in [4.78, 5) is 4.41. The fraction of sp³-hybridized carbons (Fsp3) is 0.250. The van der Waals surface area contributed by atoms with Crippen molar-refractivity contribution in [3.63, 3.8) is 0 Å². The normalized spacial score (nSPS) is 10.4. The monoisotopic (exact) mass is 296 g/mol. The van der Waals surface area contributed by atoms with Crippen LogP contribution in [0, 0.1) is 6.92 Å². The molecule has 0 aliphatic rings. The number of nitrogens with two attached hydrogens (primary N) is 1. The van der Waals surface area contributed by atoms with Crippen molar-refractivity contribution in [1.29, 1.82) is 0 Å². The second-order valence-electron chi connectivity index (χ2n) is 3.97. The van der Waals surface area contributed by atoms with Crippen LogP contribution >= 0.6 is 23.8 Å². The highest BCUT2D eigenvalue weighted by Gasteiger charge is 2.05. The Labute approximate surface area is 121 Å². The van der Waals surface area contributed by atoms with Crippen LogP contribution in [0.15, 0.2) is 22.7 Å². The van der Waals surface area contributed by atoms with Gasteiger partial charge in [0.15, 0.2) is 5.82 Å². The van der Waals surface area contributed by atoms with E-state index in [-0.39, 0.29) is 4.99 Å². The van der Waals surface area contributed by atoms with E-state index >= 15 is 0 Å². The molecule has 1 aromatic heterocycles. The van der Waals surface area contributed by atoms with E-state index in [1.807, 2.05) is 6.07 Å². The summed E-state index contributed by atoms with van der Waals surface area (Å²) in [6.45, 7) is 2.46. The quantitative estimate of drug-likeness (QED) is 0.825. The number of hydrogen-bond donors (Lipinski definition) is 2. The van der Waals surface area contributed by atoms with Crippen LogP contribution in [0.5, 0.6) is 0 Å². The number of benzene rings is 1. The highest BCUT2D eigenvalue weighted by Crippen LogP contribution is 2.20. The zero-order chi connectivity index (χ0) is 13.8. The van der Waals surface area contributed by atoms with Gasteiger partial charge in [0.2, 0.25) is 5.89 Å². The Kier molecular flexibility index (Phi) is 4.34. The summed E-state index contributed by atoms with van der Waals surface area (Å²) in [7, 11) is 0. The van der Waals surface area contributed by atoms with Crippen molar-refractivity contribution in [2.75, 3.05) is 11.9 Å². The number of anilines is 1. The topological polar surface area (TPSA) is 77.0 Å². The van der Waals surface area contributed by atoms with Crippen LogP contribution in [0.25, 0.3) is 0 Å². The summed E-state index contributed by atoms with van der Waals surface area (Å²) in [6.07, 6.45) is 0.648. The largest absolute Gasteiger partial charge is 0.389 e. The molecule has 0 bridgehead atoms. The first-order valence-electron chi connectivity index (χ1n) is 5.68. The van der Waals surface area contributed by atoms with Gasteiger partial charge >= 0.3 is 0 Å². The smallest absolute Gasteiger partial charge is 0.228 e. The molecule has 19 heavy (non-hydrogen) atoms. The number of aromatic nitrogens is 2. The molecule has 0 unspecified atom stereocenters. The number of nitrogens with zero attached hydrogens (tertiary/aromatic N) is 2. The van der Waals surface area contributed by atoms with Crippen LogP contribution in [0.3, 0.4) is 0 Å². The molecule has 0 aliphatic heterocycles. The minimum atomic E-state index is 0.290. The molecule has 7 heteroatoms. The molecule has 2 rings (SSSR count). The van der Waals surface area contributed by atoms with Gasteiger partial charge in [0, 0.05) is 24.2 Å². The number of aryl methyl sites for hydroxylation is 1. The molecule has 0 aliphatic carbocycles. The van der Waals surface area contributed by atoms with Crippen LogP contribution in [0.2, 0.25) is 5.02 Å². The van der Waals surface area contributed by atoms with E-state index in [0.717, 1.165) is 5.69 Å². The summed E-state index contributed by atoms with van der Waals surface area (Å²) < 4.78 is 5.02. The molecular weight excluding hydrogens is 284 g/mol. The lowest BCUT2D eigenvalue weighted by molar-refractivity contribution is 0.377. The Hall–Kier alpha value is -1.66. The van der Waals surface area contributed by atoms with E-state index in [4.69, 9.17) is 34.1 Å². The molecule has 0 saturated carbocycles. The van der Waals surface area contributed by atoms with Gasteiger partial charge < -0.3 is 15.6 Å². The van der Waals surface area contributed by atoms with Gasteiger partial charge in [-0.2, -0.15) is 4.98 Å². The molecule has 0 saturated heterocycles. The molecule has 5 nitrogen and oxygen atoms in total. The van der Waals surface area contributed by atoms with Gasteiger partial charge in [0.05, 0.1) is 5.02 Å². The Morgan fingerprint density at radius 1 is 1.53 bits per heavy atom. The fourth-order valence-corrected chi connectivity index (χ4v) is 2.10. The van der Waals surface area contributed by atoms with Gasteiger partial charge in [-0.15, -0.1) is 0 Å². The summed E-state index contributed by atoms with van der Waals surface area (Å²) in [5.74, 6) is 1.25. The molecular formula is C12H13ClN4OS. The van der Waals surface area contributed by atoms with Crippen molar-refractivity contribution >= 4 is 34.5 Å². The summed E-state index contributed by atoms with van der Waals surface area (Å²) >= 11 is 11.0. The highest BCUT2D eigenvalue weighted by atomic mass is 35.5. The molecule has 1 aromatic carbocycles. The Morgan fingerprint density at radius 3 is 2.89 bits per heavy atom. The summed E-state index contributed by atoms with van der Waals surface area (Å²) in [6, 6.07) is 5.46.